The summed E-state index contributed by atoms with van der Waals surface area (Å²) in [7, 11) is 1.48. The van der Waals surface area contributed by atoms with Crippen molar-refractivity contribution in [2.75, 3.05) is 12.0 Å². The number of Topliss-reactive ketones (excluding diaryl/α,β-unsaturated/α-hetero) is 1. The van der Waals surface area contributed by atoms with Crippen LogP contribution in [0.5, 0.6) is 17.2 Å². The lowest BCUT2D eigenvalue weighted by Crippen LogP contribution is -2.29. The van der Waals surface area contributed by atoms with Crippen LogP contribution in [0, 0.1) is 19.7 Å². The van der Waals surface area contributed by atoms with Gasteiger partial charge in [0.2, 0.25) is 0 Å². The molecule has 0 spiro atoms. The molecule has 0 saturated carbocycles. The lowest BCUT2D eigenvalue weighted by molar-refractivity contribution is -0.132. The number of amides is 1. The molecular weight excluding hydrogens is 497 g/mol. The average molecular weight is 524 g/mol. The van der Waals surface area contributed by atoms with Crippen LogP contribution in [0.4, 0.5) is 10.1 Å². The second-order valence-corrected chi connectivity index (χ2v) is 9.30. The molecule has 1 unspecified atom stereocenters. The predicted octanol–water partition coefficient (Wildman–Crippen LogP) is 6.87. The average Bonchev–Trinajstić information content (AvgIpc) is 3.19. The maximum atomic E-state index is 13.8. The molecule has 0 bridgehead atoms. The summed E-state index contributed by atoms with van der Waals surface area (Å²) in [5.74, 6) is -1.06. The molecule has 6 nitrogen and oxygen atoms in total. The molecule has 7 heteroatoms. The molecule has 0 aromatic heterocycles. The molecule has 0 radical (unpaired) electrons. The number of aryl methyl sites for hydroxylation is 2. The fourth-order valence-electron chi connectivity index (χ4n) is 4.93. The number of ketones is 1. The third kappa shape index (κ3) is 4.86. The summed E-state index contributed by atoms with van der Waals surface area (Å²) in [4.78, 5) is 28.3. The Hall–Kier alpha value is -4.91. The molecule has 39 heavy (non-hydrogen) atoms. The third-order valence-corrected chi connectivity index (χ3v) is 6.58. The van der Waals surface area contributed by atoms with Gasteiger partial charge in [-0.15, -0.1) is 0 Å². The van der Waals surface area contributed by atoms with Crippen LogP contribution in [0.1, 0.15) is 28.3 Å². The highest BCUT2D eigenvalue weighted by molar-refractivity contribution is 6.51. The number of nitrogens with zero attached hydrogens (tertiary/aromatic N) is 1. The minimum atomic E-state index is -1.01. The third-order valence-electron chi connectivity index (χ3n) is 6.58. The number of carbonyl (C=O) groups excluding carboxylic acids is 2. The van der Waals surface area contributed by atoms with Gasteiger partial charge in [-0.05, 0) is 85.1 Å². The van der Waals surface area contributed by atoms with Gasteiger partial charge in [0.05, 0.1) is 24.3 Å². The van der Waals surface area contributed by atoms with Crippen molar-refractivity contribution in [3.05, 3.63) is 125 Å². The Kier molecular flexibility index (Phi) is 6.90. The molecule has 196 valence electrons. The Balaban J connectivity index is 1.72. The van der Waals surface area contributed by atoms with Crippen molar-refractivity contribution in [1.82, 2.24) is 0 Å². The van der Waals surface area contributed by atoms with Gasteiger partial charge in [-0.2, -0.15) is 0 Å². The van der Waals surface area contributed by atoms with Crippen LogP contribution in [0.15, 0.2) is 96.6 Å². The molecule has 4 aromatic carbocycles. The van der Waals surface area contributed by atoms with E-state index >= 15 is 0 Å². The molecule has 1 atom stereocenters. The van der Waals surface area contributed by atoms with Crippen LogP contribution in [-0.4, -0.2) is 23.9 Å². The SMILES string of the molecule is COc1c(C)cc(C)cc1/C(O)=C1\C(=O)C(=O)N(c2ccc(F)cc2)C1c1cccc(Oc2ccccc2)c1. The number of ether oxygens (including phenoxy) is 2. The van der Waals surface area contributed by atoms with E-state index in [1.54, 1.807) is 30.3 Å². The normalized spacial score (nSPS) is 16.4. The highest BCUT2D eigenvalue weighted by Crippen LogP contribution is 2.44. The van der Waals surface area contributed by atoms with Crippen molar-refractivity contribution in [1.29, 1.82) is 0 Å². The van der Waals surface area contributed by atoms with E-state index in [4.69, 9.17) is 9.47 Å². The van der Waals surface area contributed by atoms with Gasteiger partial charge in [-0.1, -0.05) is 36.4 Å². The molecule has 0 aliphatic carbocycles. The highest BCUT2D eigenvalue weighted by Gasteiger charge is 2.47. The lowest BCUT2D eigenvalue weighted by Gasteiger charge is -2.26. The van der Waals surface area contributed by atoms with E-state index in [0.717, 1.165) is 11.1 Å². The highest BCUT2D eigenvalue weighted by atomic mass is 19.1. The Labute approximate surface area is 225 Å². The van der Waals surface area contributed by atoms with E-state index in [-0.39, 0.29) is 11.3 Å². The van der Waals surface area contributed by atoms with Crippen molar-refractivity contribution >= 4 is 23.1 Å². The number of methoxy groups -OCH3 is 1. The fraction of sp³-hybridized carbons (Fsp3) is 0.125. The second-order valence-electron chi connectivity index (χ2n) is 9.30. The molecule has 1 heterocycles. The summed E-state index contributed by atoms with van der Waals surface area (Å²) in [6.07, 6.45) is 0. The Bertz CT molecular complexity index is 1600. The van der Waals surface area contributed by atoms with Crippen molar-refractivity contribution < 1.29 is 28.6 Å². The van der Waals surface area contributed by atoms with E-state index in [0.29, 0.717) is 34.1 Å². The van der Waals surface area contributed by atoms with Crippen molar-refractivity contribution in [2.45, 2.75) is 19.9 Å². The maximum absolute atomic E-state index is 13.8. The van der Waals surface area contributed by atoms with Gasteiger partial charge in [0.25, 0.3) is 11.7 Å². The lowest BCUT2D eigenvalue weighted by atomic mass is 9.93. The van der Waals surface area contributed by atoms with Crippen LogP contribution in [-0.2, 0) is 9.59 Å². The number of aliphatic hydroxyl groups is 1. The molecular formula is C32H26FNO5. The summed E-state index contributed by atoms with van der Waals surface area (Å²) >= 11 is 0. The van der Waals surface area contributed by atoms with Crippen molar-refractivity contribution in [2.24, 2.45) is 0 Å². The van der Waals surface area contributed by atoms with Gasteiger partial charge < -0.3 is 14.6 Å². The molecule has 1 aliphatic heterocycles. The largest absolute Gasteiger partial charge is 0.507 e. The van der Waals surface area contributed by atoms with Crippen LogP contribution in [0.3, 0.4) is 0 Å². The molecule has 1 amide bonds. The monoisotopic (exact) mass is 523 g/mol. The van der Waals surface area contributed by atoms with E-state index in [2.05, 4.69) is 0 Å². The Morgan fingerprint density at radius 3 is 2.26 bits per heavy atom. The van der Waals surface area contributed by atoms with E-state index in [1.807, 2.05) is 50.2 Å². The number of benzene rings is 4. The second kappa shape index (κ2) is 10.5. The standard InChI is InChI=1S/C32H26FNO5/c1-19-16-20(2)31(38-3)26(17-19)29(35)27-28(34(32(37)30(27)36)23-14-12-22(33)13-15-23)21-8-7-11-25(18-21)39-24-9-5-4-6-10-24/h4-18,28,35H,1-3H3/b29-27+. The summed E-state index contributed by atoms with van der Waals surface area (Å²) in [5, 5.41) is 11.6. The van der Waals surface area contributed by atoms with Gasteiger partial charge in [-0.25, -0.2) is 4.39 Å². The Morgan fingerprint density at radius 2 is 1.56 bits per heavy atom. The van der Waals surface area contributed by atoms with Gasteiger partial charge in [0.15, 0.2) is 0 Å². The van der Waals surface area contributed by atoms with E-state index in [9.17, 15) is 19.1 Å². The summed E-state index contributed by atoms with van der Waals surface area (Å²) in [5.41, 5.74) is 2.64. The first kappa shape index (κ1) is 25.7. The van der Waals surface area contributed by atoms with Gasteiger partial charge in [0, 0.05) is 5.69 Å². The zero-order chi connectivity index (χ0) is 27.7. The molecule has 1 aliphatic rings. The summed E-state index contributed by atoms with van der Waals surface area (Å²) in [6.45, 7) is 3.70. The molecule has 4 aromatic rings. The zero-order valence-electron chi connectivity index (χ0n) is 21.6. The molecule has 1 fully saturated rings. The Morgan fingerprint density at radius 1 is 0.872 bits per heavy atom. The first-order valence-electron chi connectivity index (χ1n) is 12.3. The topological polar surface area (TPSA) is 76.1 Å². The summed E-state index contributed by atoms with van der Waals surface area (Å²) in [6, 6.07) is 24.0. The number of hydrogen-bond donors (Lipinski definition) is 1. The zero-order valence-corrected chi connectivity index (χ0v) is 21.6. The van der Waals surface area contributed by atoms with Gasteiger partial charge in [0.1, 0.15) is 28.8 Å². The van der Waals surface area contributed by atoms with E-state index in [1.165, 1.54) is 36.3 Å². The molecule has 1 saturated heterocycles. The number of rotatable bonds is 6. The smallest absolute Gasteiger partial charge is 0.300 e. The van der Waals surface area contributed by atoms with Crippen LogP contribution in [0.2, 0.25) is 0 Å². The molecule has 1 N–H and O–H groups in total. The van der Waals surface area contributed by atoms with Crippen molar-refractivity contribution in [3.63, 3.8) is 0 Å². The first-order valence-corrected chi connectivity index (χ1v) is 12.3. The first-order chi connectivity index (χ1) is 18.8. The minimum absolute atomic E-state index is 0.107. The number of anilines is 1. The molecule has 5 rings (SSSR count). The number of para-hydroxylation sites is 1. The number of hydrogen-bond acceptors (Lipinski definition) is 5. The van der Waals surface area contributed by atoms with Gasteiger partial charge in [-0.3, -0.25) is 14.5 Å². The number of carbonyl (C=O) groups is 2. The predicted molar refractivity (Wildman–Crippen MR) is 147 cm³/mol. The van der Waals surface area contributed by atoms with Crippen LogP contribution >= 0.6 is 0 Å². The maximum Gasteiger partial charge on any atom is 0.300 e. The number of aliphatic hydroxyl groups excluding tert-OH is 1. The number of halogens is 1. The summed E-state index contributed by atoms with van der Waals surface area (Å²) < 4.78 is 25.3. The quantitative estimate of drug-likeness (QED) is 0.170. The van der Waals surface area contributed by atoms with Gasteiger partial charge >= 0.3 is 0 Å². The minimum Gasteiger partial charge on any atom is -0.507 e. The van der Waals surface area contributed by atoms with Crippen molar-refractivity contribution in [3.8, 4) is 17.2 Å². The van der Waals surface area contributed by atoms with Crippen LogP contribution < -0.4 is 14.4 Å². The van der Waals surface area contributed by atoms with E-state index < -0.39 is 23.5 Å². The fourth-order valence-corrected chi connectivity index (χ4v) is 4.93. The van der Waals surface area contributed by atoms with Crippen LogP contribution in [0.25, 0.3) is 5.76 Å².